The van der Waals surface area contributed by atoms with E-state index in [1.165, 1.54) is 0 Å². The fourth-order valence-electron chi connectivity index (χ4n) is 2.88. The monoisotopic (exact) mass is 353 g/mol. The van der Waals surface area contributed by atoms with E-state index in [1.807, 2.05) is 29.8 Å². The van der Waals surface area contributed by atoms with Gasteiger partial charge in [-0.3, -0.25) is 9.69 Å². The molecule has 0 spiro atoms. The van der Waals surface area contributed by atoms with Crippen molar-refractivity contribution in [1.82, 2.24) is 15.2 Å². The summed E-state index contributed by atoms with van der Waals surface area (Å²) in [5.41, 5.74) is 0.983. The Bertz CT molecular complexity index is 644. The second-order valence-corrected chi connectivity index (χ2v) is 7.93. The van der Waals surface area contributed by atoms with Crippen LogP contribution in [0.4, 0.5) is 4.39 Å². The summed E-state index contributed by atoms with van der Waals surface area (Å²) in [7, 11) is 0. The molecule has 0 unspecified atom stereocenters. The fraction of sp³-hybridized carbons (Fsp3) is 0.500. The van der Waals surface area contributed by atoms with Gasteiger partial charge in [0.1, 0.15) is 6.17 Å². The molecule has 23 heavy (non-hydrogen) atoms. The molecule has 1 saturated heterocycles. The van der Waals surface area contributed by atoms with Gasteiger partial charge in [-0.25, -0.2) is 9.37 Å². The number of thiazole rings is 1. The molecule has 1 aliphatic rings. The number of carbonyl (C=O) groups excluding carboxylic acids is 1. The van der Waals surface area contributed by atoms with Crippen LogP contribution in [-0.4, -0.2) is 41.1 Å². The lowest BCUT2D eigenvalue weighted by molar-refractivity contribution is -0.120. The summed E-state index contributed by atoms with van der Waals surface area (Å²) in [4.78, 5) is 19.6. The molecule has 0 radical (unpaired) electrons. The molecule has 1 aliphatic heterocycles. The zero-order chi connectivity index (χ0) is 16.2. The number of aromatic nitrogens is 1. The molecule has 0 bridgehead atoms. The van der Waals surface area contributed by atoms with Crippen molar-refractivity contribution in [2.24, 2.45) is 0 Å². The Balaban J connectivity index is 1.51. The van der Waals surface area contributed by atoms with E-state index in [0.29, 0.717) is 32.5 Å². The number of nitrogens with zero attached hydrogens (tertiary/aromatic N) is 2. The maximum Gasteiger partial charge on any atom is 0.225 e. The number of alkyl halides is 1. The molecule has 0 saturated carbocycles. The summed E-state index contributed by atoms with van der Waals surface area (Å²) < 4.78 is 13.8. The summed E-state index contributed by atoms with van der Waals surface area (Å²) in [6.07, 6.45) is 0.0471. The van der Waals surface area contributed by atoms with Crippen molar-refractivity contribution in [3.63, 3.8) is 0 Å². The molecule has 7 heteroatoms. The van der Waals surface area contributed by atoms with Crippen LogP contribution >= 0.6 is 22.7 Å². The van der Waals surface area contributed by atoms with Gasteiger partial charge in [0.15, 0.2) is 0 Å². The smallest absolute Gasteiger partial charge is 0.225 e. The lowest BCUT2D eigenvalue weighted by atomic mass is 10.2. The molecular weight excluding hydrogens is 333 g/mol. The van der Waals surface area contributed by atoms with Gasteiger partial charge < -0.3 is 5.32 Å². The maximum atomic E-state index is 13.8. The first kappa shape index (κ1) is 16.5. The summed E-state index contributed by atoms with van der Waals surface area (Å²) >= 11 is 3.19. The molecule has 0 aliphatic carbocycles. The van der Waals surface area contributed by atoms with E-state index in [0.717, 1.165) is 15.6 Å². The third-order valence-corrected chi connectivity index (χ3v) is 5.66. The van der Waals surface area contributed by atoms with E-state index in [4.69, 9.17) is 0 Å². The van der Waals surface area contributed by atoms with Gasteiger partial charge in [0, 0.05) is 35.9 Å². The van der Waals surface area contributed by atoms with Crippen molar-refractivity contribution in [3.8, 4) is 0 Å². The van der Waals surface area contributed by atoms with Crippen molar-refractivity contribution in [2.45, 2.75) is 38.5 Å². The minimum atomic E-state index is -0.825. The average molecular weight is 353 g/mol. The van der Waals surface area contributed by atoms with Crippen molar-refractivity contribution in [1.29, 1.82) is 0 Å². The molecule has 1 amide bonds. The van der Waals surface area contributed by atoms with Crippen LogP contribution in [0.5, 0.6) is 0 Å². The number of carbonyl (C=O) groups is 1. The van der Waals surface area contributed by atoms with Gasteiger partial charge in [-0.2, -0.15) is 0 Å². The highest BCUT2D eigenvalue weighted by molar-refractivity contribution is 7.10. The van der Waals surface area contributed by atoms with Gasteiger partial charge >= 0.3 is 0 Å². The molecule has 3 rings (SSSR count). The Hall–Kier alpha value is -1.31. The lowest BCUT2D eigenvalue weighted by Gasteiger charge is -2.23. The summed E-state index contributed by atoms with van der Waals surface area (Å²) in [6.45, 7) is 3.53. The third kappa shape index (κ3) is 4.59. The van der Waals surface area contributed by atoms with Crippen molar-refractivity contribution < 1.29 is 9.18 Å². The standard InChI is InChI=1S/C16H20FN3OS2/c1-11-19-13(10-23-11)9-20-8-12(17)5-14(20)7-18-16(21)6-15-3-2-4-22-15/h2-4,10,12,14H,5-9H2,1H3,(H,18,21)/t12-,14-/m0/s1. The van der Waals surface area contributed by atoms with E-state index < -0.39 is 6.17 Å². The predicted molar refractivity (Wildman–Crippen MR) is 91.6 cm³/mol. The second-order valence-electron chi connectivity index (χ2n) is 5.83. The van der Waals surface area contributed by atoms with Crippen molar-refractivity contribution >= 4 is 28.6 Å². The number of rotatable bonds is 6. The highest BCUT2D eigenvalue weighted by Crippen LogP contribution is 2.23. The number of likely N-dealkylation sites (tertiary alicyclic amines) is 1. The van der Waals surface area contributed by atoms with Gasteiger partial charge in [-0.1, -0.05) is 6.07 Å². The topological polar surface area (TPSA) is 45.2 Å². The molecule has 1 fully saturated rings. The molecule has 1 N–H and O–H groups in total. The van der Waals surface area contributed by atoms with Crippen LogP contribution in [-0.2, 0) is 17.8 Å². The summed E-state index contributed by atoms with van der Waals surface area (Å²) in [6, 6.07) is 3.93. The second kappa shape index (κ2) is 7.51. The molecule has 2 aromatic heterocycles. The summed E-state index contributed by atoms with van der Waals surface area (Å²) in [5.74, 6) is -0.000731. The van der Waals surface area contributed by atoms with Crippen LogP contribution in [0.3, 0.4) is 0 Å². The molecule has 3 heterocycles. The maximum absolute atomic E-state index is 13.8. The largest absolute Gasteiger partial charge is 0.354 e. The van der Waals surface area contributed by atoms with E-state index in [1.54, 1.807) is 22.7 Å². The van der Waals surface area contributed by atoms with Crippen LogP contribution in [0, 0.1) is 6.92 Å². The van der Waals surface area contributed by atoms with Gasteiger partial charge in [-0.15, -0.1) is 22.7 Å². The van der Waals surface area contributed by atoms with E-state index >= 15 is 0 Å². The zero-order valence-corrected chi connectivity index (χ0v) is 14.6. The molecular formula is C16H20FN3OS2. The van der Waals surface area contributed by atoms with E-state index in [-0.39, 0.29) is 11.9 Å². The Kier molecular flexibility index (Phi) is 5.40. The first-order valence-corrected chi connectivity index (χ1v) is 9.44. The predicted octanol–water partition coefficient (Wildman–Crippen LogP) is 2.78. The minimum Gasteiger partial charge on any atom is -0.354 e. The van der Waals surface area contributed by atoms with Crippen LogP contribution in [0.15, 0.2) is 22.9 Å². The number of aryl methyl sites for hydroxylation is 1. The molecule has 2 aromatic rings. The summed E-state index contributed by atoms with van der Waals surface area (Å²) in [5, 5.41) is 7.96. The van der Waals surface area contributed by atoms with E-state index in [2.05, 4.69) is 15.2 Å². The number of amides is 1. The number of hydrogen-bond donors (Lipinski definition) is 1. The average Bonchev–Trinajstić information content (AvgIpc) is 3.21. The number of nitrogens with one attached hydrogen (secondary N) is 1. The molecule has 124 valence electrons. The Morgan fingerprint density at radius 1 is 1.52 bits per heavy atom. The Morgan fingerprint density at radius 3 is 3.09 bits per heavy atom. The van der Waals surface area contributed by atoms with Gasteiger partial charge in [0.2, 0.25) is 5.91 Å². The van der Waals surface area contributed by atoms with Crippen LogP contribution in [0.25, 0.3) is 0 Å². The third-order valence-electron chi connectivity index (χ3n) is 3.96. The fourth-order valence-corrected chi connectivity index (χ4v) is 4.19. The van der Waals surface area contributed by atoms with E-state index in [9.17, 15) is 9.18 Å². The Labute approximate surface area is 143 Å². The number of hydrogen-bond acceptors (Lipinski definition) is 5. The minimum absolute atomic E-state index is 0.000731. The van der Waals surface area contributed by atoms with Gasteiger partial charge in [-0.05, 0) is 24.8 Å². The number of halogens is 1. The normalized spacial score (nSPS) is 21.7. The SMILES string of the molecule is Cc1nc(CN2C[C@@H](F)C[C@H]2CNC(=O)Cc2cccs2)cs1. The number of thiophene rings is 1. The molecule has 0 aromatic carbocycles. The first-order chi connectivity index (χ1) is 11.1. The molecule has 4 nitrogen and oxygen atoms in total. The van der Waals surface area contributed by atoms with Crippen molar-refractivity contribution in [3.05, 3.63) is 38.5 Å². The van der Waals surface area contributed by atoms with Crippen LogP contribution in [0.2, 0.25) is 0 Å². The van der Waals surface area contributed by atoms with Crippen LogP contribution in [0.1, 0.15) is 22.0 Å². The van der Waals surface area contributed by atoms with Crippen molar-refractivity contribution in [2.75, 3.05) is 13.1 Å². The lowest BCUT2D eigenvalue weighted by Crippen LogP contribution is -2.40. The molecule has 2 atom stereocenters. The zero-order valence-electron chi connectivity index (χ0n) is 13.0. The highest BCUT2D eigenvalue weighted by atomic mass is 32.1. The first-order valence-electron chi connectivity index (χ1n) is 7.68. The van der Waals surface area contributed by atoms with Gasteiger partial charge in [0.25, 0.3) is 0 Å². The van der Waals surface area contributed by atoms with Crippen LogP contribution < -0.4 is 5.32 Å². The quantitative estimate of drug-likeness (QED) is 0.869. The highest BCUT2D eigenvalue weighted by Gasteiger charge is 2.32. The Morgan fingerprint density at radius 2 is 2.39 bits per heavy atom. The van der Waals surface area contributed by atoms with Gasteiger partial charge in [0.05, 0.1) is 17.1 Å².